The maximum absolute atomic E-state index is 12.3. The van der Waals surface area contributed by atoms with Crippen molar-refractivity contribution in [1.82, 2.24) is 9.80 Å². The first-order chi connectivity index (χ1) is 14.4. The molecule has 0 atom stereocenters. The van der Waals surface area contributed by atoms with Gasteiger partial charge in [-0.25, -0.2) is 4.79 Å². The molecule has 1 aliphatic heterocycles. The Balaban J connectivity index is 2.01. The molecule has 0 aromatic carbocycles. The third kappa shape index (κ3) is 8.97. The Bertz CT molecular complexity index is 537. The molecule has 1 rings (SSSR count). The SMILES string of the molecule is CCCCCCCCCCCCCCCCCC(=O)C1C(=O)N(C)C(=O)N(C)C1=O. The van der Waals surface area contributed by atoms with Crippen LogP contribution >= 0.6 is 0 Å². The lowest BCUT2D eigenvalue weighted by Crippen LogP contribution is -2.58. The number of carbonyl (C=O) groups is 4. The molecule has 172 valence electrons. The lowest BCUT2D eigenvalue weighted by molar-refractivity contribution is -0.151. The number of urea groups is 1. The Morgan fingerprint density at radius 2 is 0.967 bits per heavy atom. The molecule has 0 spiro atoms. The summed E-state index contributed by atoms with van der Waals surface area (Å²) >= 11 is 0. The lowest BCUT2D eigenvalue weighted by Gasteiger charge is -2.32. The van der Waals surface area contributed by atoms with Gasteiger partial charge in [0.1, 0.15) is 0 Å². The van der Waals surface area contributed by atoms with E-state index in [4.69, 9.17) is 0 Å². The second kappa shape index (κ2) is 15.1. The number of hydrogen-bond acceptors (Lipinski definition) is 4. The fourth-order valence-corrected chi connectivity index (χ4v) is 4.00. The van der Waals surface area contributed by atoms with Gasteiger partial charge in [-0.2, -0.15) is 0 Å². The number of amides is 4. The molecule has 4 amide bonds. The van der Waals surface area contributed by atoms with Crippen LogP contribution in [0.15, 0.2) is 0 Å². The van der Waals surface area contributed by atoms with Crippen molar-refractivity contribution in [3.05, 3.63) is 0 Å². The lowest BCUT2D eigenvalue weighted by atomic mass is 9.94. The van der Waals surface area contributed by atoms with Crippen molar-refractivity contribution in [2.24, 2.45) is 5.92 Å². The van der Waals surface area contributed by atoms with E-state index in [1.54, 1.807) is 0 Å². The predicted molar refractivity (Wildman–Crippen MR) is 119 cm³/mol. The number of Topliss-reactive ketones (excluding diaryl/α,β-unsaturated/α-hetero) is 1. The third-order valence-corrected chi connectivity index (χ3v) is 6.08. The highest BCUT2D eigenvalue weighted by molar-refractivity contribution is 6.26. The zero-order valence-corrected chi connectivity index (χ0v) is 19.4. The highest BCUT2D eigenvalue weighted by Gasteiger charge is 2.45. The van der Waals surface area contributed by atoms with Crippen molar-refractivity contribution >= 4 is 23.6 Å². The number of rotatable bonds is 17. The van der Waals surface area contributed by atoms with Crippen LogP contribution in [-0.4, -0.2) is 47.5 Å². The van der Waals surface area contributed by atoms with Gasteiger partial charge in [0.2, 0.25) is 0 Å². The summed E-state index contributed by atoms with van der Waals surface area (Å²) < 4.78 is 0. The van der Waals surface area contributed by atoms with E-state index in [0.717, 1.165) is 22.6 Å². The second-order valence-corrected chi connectivity index (χ2v) is 8.68. The zero-order chi connectivity index (χ0) is 22.4. The highest BCUT2D eigenvalue weighted by Crippen LogP contribution is 2.19. The van der Waals surface area contributed by atoms with Crippen LogP contribution in [0, 0.1) is 5.92 Å². The minimum absolute atomic E-state index is 0.219. The molecule has 30 heavy (non-hydrogen) atoms. The molecule has 0 aliphatic carbocycles. The molecule has 1 heterocycles. The van der Waals surface area contributed by atoms with E-state index >= 15 is 0 Å². The average Bonchev–Trinajstić information content (AvgIpc) is 2.73. The van der Waals surface area contributed by atoms with Gasteiger partial charge in [-0.05, 0) is 6.42 Å². The molecule has 0 saturated carbocycles. The van der Waals surface area contributed by atoms with Crippen molar-refractivity contribution in [2.75, 3.05) is 14.1 Å². The molecular weight excluding hydrogens is 380 g/mol. The number of carbonyl (C=O) groups excluding carboxylic acids is 4. The van der Waals surface area contributed by atoms with Gasteiger partial charge in [0.15, 0.2) is 11.7 Å². The molecule has 0 aromatic rings. The van der Waals surface area contributed by atoms with Gasteiger partial charge in [0.05, 0.1) is 0 Å². The first-order valence-corrected chi connectivity index (χ1v) is 12.0. The number of ketones is 1. The first-order valence-electron chi connectivity index (χ1n) is 12.0. The van der Waals surface area contributed by atoms with E-state index < -0.39 is 23.8 Å². The second-order valence-electron chi connectivity index (χ2n) is 8.68. The van der Waals surface area contributed by atoms with Crippen LogP contribution in [0.25, 0.3) is 0 Å². The van der Waals surface area contributed by atoms with Crippen LogP contribution in [-0.2, 0) is 14.4 Å². The number of hydrogen-bond donors (Lipinski definition) is 0. The van der Waals surface area contributed by atoms with E-state index in [0.29, 0.717) is 6.42 Å². The number of unbranched alkanes of at least 4 members (excludes halogenated alkanes) is 14. The van der Waals surface area contributed by atoms with Crippen LogP contribution in [0.3, 0.4) is 0 Å². The van der Waals surface area contributed by atoms with Crippen molar-refractivity contribution in [1.29, 1.82) is 0 Å². The topological polar surface area (TPSA) is 74.8 Å². The molecule has 1 fully saturated rings. The quantitative estimate of drug-likeness (QED) is 0.230. The van der Waals surface area contributed by atoms with Crippen molar-refractivity contribution in [3.8, 4) is 0 Å². The van der Waals surface area contributed by atoms with E-state index in [1.165, 1.54) is 91.1 Å². The fraction of sp³-hybridized carbons (Fsp3) is 0.833. The minimum atomic E-state index is -1.34. The fourth-order valence-electron chi connectivity index (χ4n) is 4.00. The summed E-state index contributed by atoms with van der Waals surface area (Å²) in [5, 5.41) is 0. The minimum Gasteiger partial charge on any atom is -0.298 e. The smallest absolute Gasteiger partial charge is 0.298 e. The van der Waals surface area contributed by atoms with Crippen LogP contribution < -0.4 is 0 Å². The maximum Gasteiger partial charge on any atom is 0.332 e. The normalized spacial score (nSPS) is 15.4. The molecule has 1 aliphatic rings. The molecule has 6 heteroatoms. The van der Waals surface area contributed by atoms with Crippen LogP contribution in [0.4, 0.5) is 4.79 Å². The summed E-state index contributed by atoms with van der Waals surface area (Å²) in [6.07, 6.45) is 18.9. The molecule has 0 unspecified atom stereocenters. The van der Waals surface area contributed by atoms with Crippen molar-refractivity contribution in [3.63, 3.8) is 0 Å². The van der Waals surface area contributed by atoms with Gasteiger partial charge >= 0.3 is 6.03 Å². The summed E-state index contributed by atoms with van der Waals surface area (Å²) in [4.78, 5) is 50.0. The van der Waals surface area contributed by atoms with E-state index in [2.05, 4.69) is 6.92 Å². The van der Waals surface area contributed by atoms with Gasteiger partial charge in [-0.15, -0.1) is 0 Å². The Morgan fingerprint density at radius 3 is 1.33 bits per heavy atom. The van der Waals surface area contributed by atoms with Gasteiger partial charge in [0, 0.05) is 20.5 Å². The van der Waals surface area contributed by atoms with Gasteiger partial charge in [-0.3, -0.25) is 24.2 Å². The summed E-state index contributed by atoms with van der Waals surface area (Å²) in [6, 6.07) is -0.680. The summed E-state index contributed by atoms with van der Waals surface area (Å²) in [5.74, 6) is -3.11. The highest BCUT2D eigenvalue weighted by atomic mass is 16.2. The molecule has 0 radical (unpaired) electrons. The van der Waals surface area contributed by atoms with Gasteiger partial charge in [0.25, 0.3) is 11.8 Å². The molecule has 0 bridgehead atoms. The Hall–Kier alpha value is -1.72. The molecular formula is C24H42N2O4. The van der Waals surface area contributed by atoms with Crippen LogP contribution in [0.5, 0.6) is 0 Å². The van der Waals surface area contributed by atoms with E-state index in [9.17, 15) is 19.2 Å². The summed E-state index contributed by atoms with van der Waals surface area (Å²) in [6.45, 7) is 2.25. The van der Waals surface area contributed by atoms with Crippen molar-refractivity contribution in [2.45, 2.75) is 110 Å². The average molecular weight is 423 g/mol. The Kier molecular flexibility index (Phi) is 13.3. The monoisotopic (exact) mass is 422 g/mol. The largest absolute Gasteiger partial charge is 0.332 e. The number of imide groups is 2. The summed E-state index contributed by atoms with van der Waals surface area (Å²) in [5.41, 5.74) is 0. The Morgan fingerprint density at radius 1 is 0.633 bits per heavy atom. The molecule has 0 N–H and O–H groups in total. The standard InChI is InChI=1S/C24H42N2O4/c1-4-5-6-7-8-9-10-11-12-13-14-15-16-17-18-19-20(27)21-22(28)25(2)24(30)26(3)23(21)29/h21H,4-19H2,1-3H3. The van der Waals surface area contributed by atoms with Gasteiger partial charge < -0.3 is 0 Å². The number of barbiturate groups is 1. The van der Waals surface area contributed by atoms with E-state index in [1.807, 2.05) is 0 Å². The molecule has 6 nitrogen and oxygen atoms in total. The molecule has 1 saturated heterocycles. The predicted octanol–water partition coefficient (Wildman–Crippen LogP) is 5.48. The Labute approximate surface area is 182 Å². The van der Waals surface area contributed by atoms with Crippen LogP contribution in [0.1, 0.15) is 110 Å². The van der Waals surface area contributed by atoms with Crippen molar-refractivity contribution < 1.29 is 19.2 Å². The third-order valence-electron chi connectivity index (χ3n) is 6.08. The van der Waals surface area contributed by atoms with Crippen LogP contribution in [0.2, 0.25) is 0 Å². The van der Waals surface area contributed by atoms with E-state index in [-0.39, 0.29) is 12.2 Å². The first kappa shape index (κ1) is 26.3. The maximum atomic E-state index is 12.3. The summed E-state index contributed by atoms with van der Waals surface area (Å²) in [7, 11) is 2.61. The zero-order valence-electron chi connectivity index (χ0n) is 19.4. The van der Waals surface area contributed by atoms with Gasteiger partial charge in [-0.1, -0.05) is 96.8 Å². The number of nitrogens with zero attached hydrogens (tertiary/aromatic N) is 2. The molecule has 0 aromatic heterocycles.